The van der Waals surface area contributed by atoms with Crippen molar-refractivity contribution in [1.29, 1.82) is 5.26 Å². The molecule has 1 unspecified atom stereocenters. The van der Waals surface area contributed by atoms with Gasteiger partial charge in [0.1, 0.15) is 5.75 Å². The van der Waals surface area contributed by atoms with Gasteiger partial charge in [-0.3, -0.25) is 0 Å². The lowest BCUT2D eigenvalue weighted by Gasteiger charge is -2.22. The molecule has 1 aromatic rings. The highest BCUT2D eigenvalue weighted by atomic mass is 16.5. The maximum Gasteiger partial charge on any atom is 0.119 e. The van der Waals surface area contributed by atoms with Crippen molar-refractivity contribution >= 4 is 0 Å². The van der Waals surface area contributed by atoms with Gasteiger partial charge in [-0.2, -0.15) is 5.26 Å². The Labute approximate surface area is 90.5 Å². The molecule has 0 aliphatic heterocycles. The molecule has 1 atom stereocenters. The van der Waals surface area contributed by atoms with Crippen molar-refractivity contribution in [2.24, 2.45) is 5.92 Å². The first-order valence-electron chi connectivity index (χ1n) is 5.36. The highest BCUT2D eigenvalue weighted by Crippen LogP contribution is 2.29. The molecule has 78 valence electrons. The maximum atomic E-state index is 8.68. The van der Waals surface area contributed by atoms with Crippen LogP contribution in [0.1, 0.15) is 24.0 Å². The maximum absolute atomic E-state index is 8.68. The normalized spacial score (nSPS) is 19.1. The molecule has 2 rings (SSSR count). The van der Waals surface area contributed by atoms with E-state index in [2.05, 4.69) is 18.2 Å². The number of hydrogen-bond donors (Lipinski definition) is 0. The molecule has 1 aliphatic carbocycles. The molecule has 2 nitrogen and oxygen atoms in total. The van der Waals surface area contributed by atoms with E-state index in [-0.39, 0.29) is 0 Å². The molecule has 0 amide bonds. The van der Waals surface area contributed by atoms with Crippen LogP contribution in [-0.2, 0) is 12.8 Å². The first-order chi connectivity index (χ1) is 7.33. The van der Waals surface area contributed by atoms with Crippen LogP contribution in [0.25, 0.3) is 0 Å². The van der Waals surface area contributed by atoms with Gasteiger partial charge in [-0.1, -0.05) is 6.07 Å². The molecule has 0 aromatic heterocycles. The summed E-state index contributed by atoms with van der Waals surface area (Å²) in [5.41, 5.74) is 2.78. The van der Waals surface area contributed by atoms with Gasteiger partial charge in [0.15, 0.2) is 0 Å². The third kappa shape index (κ3) is 2.12. The van der Waals surface area contributed by atoms with Crippen LogP contribution in [0.15, 0.2) is 18.2 Å². The van der Waals surface area contributed by atoms with Crippen molar-refractivity contribution in [1.82, 2.24) is 0 Å². The van der Waals surface area contributed by atoms with Crippen LogP contribution in [-0.4, -0.2) is 7.11 Å². The van der Waals surface area contributed by atoms with Gasteiger partial charge in [0, 0.05) is 6.42 Å². The van der Waals surface area contributed by atoms with E-state index in [0.29, 0.717) is 12.3 Å². The number of benzene rings is 1. The zero-order chi connectivity index (χ0) is 10.7. The number of ether oxygens (including phenoxy) is 1. The van der Waals surface area contributed by atoms with Crippen LogP contribution < -0.4 is 4.74 Å². The Morgan fingerprint density at radius 1 is 1.47 bits per heavy atom. The van der Waals surface area contributed by atoms with Crippen LogP contribution in [0.4, 0.5) is 0 Å². The average Bonchev–Trinajstić information content (AvgIpc) is 2.29. The predicted octanol–water partition coefficient (Wildman–Crippen LogP) is 2.71. The predicted molar refractivity (Wildman–Crippen MR) is 58.7 cm³/mol. The second kappa shape index (κ2) is 4.35. The van der Waals surface area contributed by atoms with Gasteiger partial charge in [-0.05, 0) is 48.4 Å². The minimum atomic E-state index is 0.552. The second-order valence-electron chi connectivity index (χ2n) is 4.11. The summed E-state index contributed by atoms with van der Waals surface area (Å²) in [5.74, 6) is 1.49. The molecule has 0 N–H and O–H groups in total. The topological polar surface area (TPSA) is 33.0 Å². The van der Waals surface area contributed by atoms with Gasteiger partial charge >= 0.3 is 0 Å². The highest BCUT2D eigenvalue weighted by Gasteiger charge is 2.18. The number of aryl methyl sites for hydroxylation is 1. The van der Waals surface area contributed by atoms with E-state index < -0.39 is 0 Å². The molecule has 0 saturated heterocycles. The fraction of sp³-hybridized carbons (Fsp3) is 0.462. The molecule has 15 heavy (non-hydrogen) atoms. The zero-order valence-electron chi connectivity index (χ0n) is 8.99. The molecule has 0 spiro atoms. The molecule has 0 radical (unpaired) electrons. The molecule has 0 heterocycles. The number of methoxy groups -OCH3 is 1. The van der Waals surface area contributed by atoms with E-state index in [4.69, 9.17) is 10.00 Å². The number of nitriles is 1. The molecule has 1 aromatic carbocycles. The van der Waals surface area contributed by atoms with E-state index in [9.17, 15) is 0 Å². The van der Waals surface area contributed by atoms with E-state index in [0.717, 1.165) is 25.0 Å². The summed E-state index contributed by atoms with van der Waals surface area (Å²) >= 11 is 0. The Hall–Kier alpha value is -1.49. The summed E-state index contributed by atoms with van der Waals surface area (Å²) in [5, 5.41) is 8.68. The molecule has 0 saturated carbocycles. The van der Waals surface area contributed by atoms with Gasteiger partial charge in [0.05, 0.1) is 13.2 Å². The fourth-order valence-corrected chi connectivity index (χ4v) is 2.24. The van der Waals surface area contributed by atoms with Crippen molar-refractivity contribution in [3.63, 3.8) is 0 Å². The quantitative estimate of drug-likeness (QED) is 0.737. The lowest BCUT2D eigenvalue weighted by atomic mass is 9.82. The van der Waals surface area contributed by atoms with Crippen molar-refractivity contribution in [2.75, 3.05) is 7.11 Å². The Balaban J connectivity index is 2.18. The van der Waals surface area contributed by atoms with Gasteiger partial charge in [-0.25, -0.2) is 0 Å². The summed E-state index contributed by atoms with van der Waals surface area (Å²) in [4.78, 5) is 0. The number of nitrogens with zero attached hydrogens (tertiary/aromatic N) is 1. The van der Waals surface area contributed by atoms with Gasteiger partial charge in [-0.15, -0.1) is 0 Å². The van der Waals surface area contributed by atoms with Crippen molar-refractivity contribution in [3.8, 4) is 11.8 Å². The monoisotopic (exact) mass is 201 g/mol. The largest absolute Gasteiger partial charge is 0.497 e. The molecule has 0 fully saturated rings. The average molecular weight is 201 g/mol. The first-order valence-corrected chi connectivity index (χ1v) is 5.36. The van der Waals surface area contributed by atoms with Gasteiger partial charge in [0.2, 0.25) is 0 Å². The number of fused-ring (bicyclic) bond motifs is 1. The Morgan fingerprint density at radius 3 is 3.07 bits per heavy atom. The van der Waals surface area contributed by atoms with E-state index in [1.807, 2.05) is 6.07 Å². The molecule has 0 bridgehead atoms. The Morgan fingerprint density at radius 2 is 2.33 bits per heavy atom. The third-order valence-corrected chi connectivity index (χ3v) is 3.12. The Bertz CT molecular complexity index is 392. The molecular formula is C13H15NO. The van der Waals surface area contributed by atoms with Crippen LogP contribution in [0.2, 0.25) is 0 Å². The summed E-state index contributed by atoms with van der Waals surface area (Å²) in [6, 6.07) is 8.53. The SMILES string of the molecule is COc1ccc2c(c1)CCC(CC#N)C2. The van der Waals surface area contributed by atoms with E-state index >= 15 is 0 Å². The standard InChI is InChI=1S/C13H15NO/c1-15-13-5-4-11-8-10(6-7-14)2-3-12(11)9-13/h4-5,9-10H,2-3,6,8H2,1H3. The lowest BCUT2D eigenvalue weighted by Crippen LogP contribution is -2.13. The molecule has 2 heteroatoms. The minimum Gasteiger partial charge on any atom is -0.497 e. The second-order valence-corrected chi connectivity index (χ2v) is 4.11. The van der Waals surface area contributed by atoms with Crippen LogP contribution in [0, 0.1) is 17.2 Å². The van der Waals surface area contributed by atoms with Gasteiger partial charge in [0.25, 0.3) is 0 Å². The highest BCUT2D eigenvalue weighted by molar-refractivity contribution is 5.37. The summed E-state index contributed by atoms with van der Waals surface area (Å²) in [6.45, 7) is 0. The van der Waals surface area contributed by atoms with Crippen LogP contribution in [0.5, 0.6) is 5.75 Å². The van der Waals surface area contributed by atoms with Gasteiger partial charge < -0.3 is 4.74 Å². The number of hydrogen-bond acceptors (Lipinski definition) is 2. The zero-order valence-corrected chi connectivity index (χ0v) is 8.99. The van der Waals surface area contributed by atoms with Crippen molar-refractivity contribution in [2.45, 2.75) is 25.7 Å². The summed E-state index contributed by atoms with van der Waals surface area (Å²) in [7, 11) is 1.70. The smallest absolute Gasteiger partial charge is 0.119 e. The summed E-state index contributed by atoms with van der Waals surface area (Å²) < 4.78 is 5.20. The van der Waals surface area contributed by atoms with Crippen molar-refractivity contribution < 1.29 is 4.74 Å². The van der Waals surface area contributed by atoms with Crippen molar-refractivity contribution in [3.05, 3.63) is 29.3 Å². The number of rotatable bonds is 2. The fourth-order valence-electron chi connectivity index (χ4n) is 2.24. The van der Waals surface area contributed by atoms with Crippen LogP contribution >= 0.6 is 0 Å². The van der Waals surface area contributed by atoms with E-state index in [1.54, 1.807) is 7.11 Å². The lowest BCUT2D eigenvalue weighted by molar-refractivity contribution is 0.411. The minimum absolute atomic E-state index is 0.552. The van der Waals surface area contributed by atoms with E-state index in [1.165, 1.54) is 11.1 Å². The van der Waals surface area contributed by atoms with Crippen LogP contribution in [0.3, 0.4) is 0 Å². The Kier molecular flexibility index (Phi) is 2.91. The molecular weight excluding hydrogens is 186 g/mol. The first kappa shape index (κ1) is 10.0. The summed E-state index contributed by atoms with van der Waals surface area (Å²) in [6.07, 6.45) is 3.95. The third-order valence-electron chi connectivity index (χ3n) is 3.12. The molecule has 1 aliphatic rings.